The summed E-state index contributed by atoms with van der Waals surface area (Å²) in [4.78, 5) is 22.8. The lowest BCUT2D eigenvalue weighted by molar-refractivity contribution is -0.142. The van der Waals surface area contributed by atoms with Gasteiger partial charge in [0.05, 0.1) is 6.42 Å². The second-order valence-corrected chi connectivity index (χ2v) is 4.93. The Hall–Kier alpha value is -2.04. The van der Waals surface area contributed by atoms with Gasteiger partial charge in [-0.3, -0.25) is 4.79 Å². The summed E-state index contributed by atoms with van der Waals surface area (Å²) < 4.78 is 0. The molecule has 0 radical (unpaired) electrons. The van der Waals surface area contributed by atoms with Crippen LogP contribution in [0.1, 0.15) is 25.8 Å². The highest BCUT2D eigenvalue weighted by molar-refractivity contribution is 5.84. The van der Waals surface area contributed by atoms with Crippen LogP contribution in [-0.2, 0) is 16.0 Å². The van der Waals surface area contributed by atoms with E-state index in [2.05, 4.69) is 5.32 Å². The molecule has 0 aromatic heterocycles. The standard InChI is InChI=1S/C14H19NO4/c1-9(2)7-12(14(18)19)15-13(17)8-10-3-5-11(16)6-4-10/h3-6,9,12,16H,7-8H2,1-2H3,(H,15,17)(H,18,19)/t12-/m0/s1. The molecule has 5 heteroatoms. The van der Waals surface area contributed by atoms with Gasteiger partial charge >= 0.3 is 5.97 Å². The maximum absolute atomic E-state index is 11.8. The van der Waals surface area contributed by atoms with Gasteiger partial charge in [-0.05, 0) is 30.0 Å². The third-order valence-electron chi connectivity index (χ3n) is 2.64. The van der Waals surface area contributed by atoms with Gasteiger partial charge in [0.25, 0.3) is 0 Å². The van der Waals surface area contributed by atoms with Crippen molar-refractivity contribution in [3.63, 3.8) is 0 Å². The first-order valence-corrected chi connectivity index (χ1v) is 6.18. The number of rotatable bonds is 6. The molecule has 1 rings (SSSR count). The number of carboxylic acids is 1. The quantitative estimate of drug-likeness (QED) is 0.728. The van der Waals surface area contributed by atoms with Crippen LogP contribution in [0.15, 0.2) is 24.3 Å². The lowest BCUT2D eigenvalue weighted by Gasteiger charge is -2.16. The van der Waals surface area contributed by atoms with E-state index in [0.29, 0.717) is 6.42 Å². The second-order valence-electron chi connectivity index (χ2n) is 4.93. The van der Waals surface area contributed by atoms with Crippen LogP contribution in [0.5, 0.6) is 5.75 Å². The molecule has 1 atom stereocenters. The molecule has 0 aliphatic heterocycles. The molecule has 1 aromatic rings. The van der Waals surface area contributed by atoms with E-state index in [1.165, 1.54) is 12.1 Å². The first-order valence-electron chi connectivity index (χ1n) is 6.18. The topological polar surface area (TPSA) is 86.6 Å². The van der Waals surface area contributed by atoms with Crippen LogP contribution in [0.3, 0.4) is 0 Å². The summed E-state index contributed by atoms with van der Waals surface area (Å²) >= 11 is 0. The number of carbonyl (C=O) groups is 2. The molecule has 1 aromatic carbocycles. The molecule has 0 aliphatic carbocycles. The molecule has 0 unspecified atom stereocenters. The zero-order chi connectivity index (χ0) is 14.4. The molecule has 1 amide bonds. The predicted molar refractivity (Wildman–Crippen MR) is 70.8 cm³/mol. The van der Waals surface area contributed by atoms with E-state index in [0.717, 1.165) is 5.56 Å². The van der Waals surface area contributed by atoms with E-state index in [-0.39, 0.29) is 24.0 Å². The molecule has 5 nitrogen and oxygen atoms in total. The van der Waals surface area contributed by atoms with Gasteiger partial charge in [0.2, 0.25) is 5.91 Å². The number of benzene rings is 1. The van der Waals surface area contributed by atoms with Gasteiger partial charge in [0.1, 0.15) is 11.8 Å². The molecule has 0 fully saturated rings. The summed E-state index contributed by atoms with van der Waals surface area (Å²) in [6.45, 7) is 3.81. The smallest absolute Gasteiger partial charge is 0.326 e. The van der Waals surface area contributed by atoms with Crippen LogP contribution in [0, 0.1) is 5.92 Å². The summed E-state index contributed by atoms with van der Waals surface area (Å²) in [6.07, 6.45) is 0.499. The molecule has 0 heterocycles. The Labute approximate surface area is 112 Å². The van der Waals surface area contributed by atoms with E-state index < -0.39 is 12.0 Å². The van der Waals surface area contributed by atoms with Crippen LogP contribution in [-0.4, -0.2) is 28.1 Å². The summed E-state index contributed by atoms with van der Waals surface area (Å²) in [6, 6.07) is 5.39. The third-order valence-corrected chi connectivity index (χ3v) is 2.64. The lowest BCUT2D eigenvalue weighted by atomic mass is 10.0. The number of phenolic OH excluding ortho intramolecular Hbond substituents is 1. The van der Waals surface area contributed by atoms with E-state index in [4.69, 9.17) is 10.2 Å². The molecule has 3 N–H and O–H groups in total. The number of carboxylic acid groups (broad SMARTS) is 1. The number of carbonyl (C=O) groups excluding carboxylic acids is 1. The van der Waals surface area contributed by atoms with Crippen LogP contribution < -0.4 is 5.32 Å². The Bertz CT molecular complexity index is 439. The fraction of sp³-hybridized carbons (Fsp3) is 0.429. The summed E-state index contributed by atoms with van der Waals surface area (Å²) in [5.41, 5.74) is 0.726. The number of hydrogen-bond donors (Lipinski definition) is 3. The minimum Gasteiger partial charge on any atom is -0.508 e. The van der Waals surface area contributed by atoms with Crippen LogP contribution in [0.2, 0.25) is 0 Å². The highest BCUT2D eigenvalue weighted by atomic mass is 16.4. The van der Waals surface area contributed by atoms with Crippen molar-refractivity contribution in [3.05, 3.63) is 29.8 Å². The highest BCUT2D eigenvalue weighted by Crippen LogP contribution is 2.10. The molecular weight excluding hydrogens is 246 g/mol. The van der Waals surface area contributed by atoms with Gasteiger partial charge < -0.3 is 15.5 Å². The van der Waals surface area contributed by atoms with Crippen LogP contribution in [0.25, 0.3) is 0 Å². The highest BCUT2D eigenvalue weighted by Gasteiger charge is 2.20. The predicted octanol–water partition coefficient (Wildman–Crippen LogP) is 1.55. The van der Waals surface area contributed by atoms with E-state index in [1.807, 2.05) is 13.8 Å². The van der Waals surface area contributed by atoms with Crippen molar-refractivity contribution in [2.75, 3.05) is 0 Å². The average Bonchev–Trinajstić information content (AvgIpc) is 2.30. The van der Waals surface area contributed by atoms with Gasteiger partial charge in [-0.2, -0.15) is 0 Å². The fourth-order valence-electron chi connectivity index (χ4n) is 1.74. The van der Waals surface area contributed by atoms with Crippen molar-refractivity contribution in [3.8, 4) is 5.75 Å². The molecule has 0 saturated carbocycles. The monoisotopic (exact) mass is 265 g/mol. The van der Waals surface area contributed by atoms with Crippen molar-refractivity contribution in [2.45, 2.75) is 32.7 Å². The SMILES string of the molecule is CC(C)C[C@H](NC(=O)Cc1ccc(O)cc1)C(=O)O. The molecule has 0 spiro atoms. The average molecular weight is 265 g/mol. The minimum absolute atomic E-state index is 0.0994. The molecule has 0 saturated heterocycles. The van der Waals surface area contributed by atoms with Gasteiger partial charge in [0.15, 0.2) is 0 Å². The van der Waals surface area contributed by atoms with Gasteiger partial charge in [0, 0.05) is 0 Å². The molecular formula is C14H19NO4. The number of nitrogens with one attached hydrogen (secondary N) is 1. The lowest BCUT2D eigenvalue weighted by Crippen LogP contribution is -2.42. The van der Waals surface area contributed by atoms with E-state index in [1.54, 1.807) is 12.1 Å². The maximum atomic E-state index is 11.8. The van der Waals surface area contributed by atoms with Gasteiger partial charge in [-0.15, -0.1) is 0 Å². The van der Waals surface area contributed by atoms with E-state index >= 15 is 0 Å². The Kier molecular flexibility index (Phi) is 5.36. The summed E-state index contributed by atoms with van der Waals surface area (Å²) in [5.74, 6) is -1.03. The maximum Gasteiger partial charge on any atom is 0.326 e. The number of phenols is 1. The van der Waals surface area contributed by atoms with Gasteiger partial charge in [-0.1, -0.05) is 26.0 Å². The van der Waals surface area contributed by atoms with Crippen molar-refractivity contribution < 1.29 is 19.8 Å². The largest absolute Gasteiger partial charge is 0.508 e. The Morgan fingerprint density at radius 2 is 1.79 bits per heavy atom. The number of aromatic hydroxyl groups is 1. The third kappa shape index (κ3) is 5.42. The molecule has 0 bridgehead atoms. The fourth-order valence-corrected chi connectivity index (χ4v) is 1.74. The first kappa shape index (κ1) is 15.0. The Morgan fingerprint density at radius 1 is 1.21 bits per heavy atom. The van der Waals surface area contributed by atoms with Crippen molar-refractivity contribution in [2.24, 2.45) is 5.92 Å². The first-order chi connectivity index (χ1) is 8.88. The molecule has 19 heavy (non-hydrogen) atoms. The minimum atomic E-state index is -1.02. The van der Waals surface area contributed by atoms with Crippen LogP contribution >= 0.6 is 0 Å². The van der Waals surface area contributed by atoms with Gasteiger partial charge in [-0.25, -0.2) is 4.79 Å². The second kappa shape index (κ2) is 6.78. The summed E-state index contributed by atoms with van der Waals surface area (Å²) in [5, 5.41) is 20.7. The zero-order valence-electron chi connectivity index (χ0n) is 11.1. The molecule has 0 aliphatic rings. The van der Waals surface area contributed by atoms with Crippen LogP contribution in [0.4, 0.5) is 0 Å². The number of aliphatic carboxylic acids is 1. The normalized spacial score (nSPS) is 12.2. The van der Waals surface area contributed by atoms with E-state index in [9.17, 15) is 9.59 Å². The van der Waals surface area contributed by atoms with Crippen molar-refractivity contribution >= 4 is 11.9 Å². The molecule has 104 valence electrons. The Balaban J connectivity index is 2.57. The summed E-state index contributed by atoms with van der Waals surface area (Å²) in [7, 11) is 0. The number of hydrogen-bond acceptors (Lipinski definition) is 3. The van der Waals surface area contributed by atoms with Crippen molar-refractivity contribution in [1.82, 2.24) is 5.32 Å². The number of amides is 1. The zero-order valence-corrected chi connectivity index (χ0v) is 11.1. The Morgan fingerprint density at radius 3 is 2.26 bits per heavy atom. The van der Waals surface area contributed by atoms with Crippen molar-refractivity contribution in [1.29, 1.82) is 0 Å².